The minimum atomic E-state index is -1.36. The molecule has 0 unspecified atom stereocenters. The predicted molar refractivity (Wildman–Crippen MR) is 142 cm³/mol. The number of amides is 1. The summed E-state index contributed by atoms with van der Waals surface area (Å²) in [4.78, 5) is 28.5. The number of pyridine rings is 1. The van der Waals surface area contributed by atoms with Gasteiger partial charge in [0, 0.05) is 37.0 Å². The molecule has 0 spiro atoms. The lowest BCUT2D eigenvalue weighted by Gasteiger charge is -2.38. The molecule has 2 atom stereocenters. The van der Waals surface area contributed by atoms with Crippen LogP contribution >= 0.6 is 23.2 Å². The number of halogens is 2. The lowest BCUT2D eigenvalue weighted by molar-refractivity contribution is 0.0674. The highest BCUT2D eigenvalue weighted by Crippen LogP contribution is 2.40. The van der Waals surface area contributed by atoms with E-state index in [9.17, 15) is 13.8 Å². The standard InChI is InChI=1S/C25H31Cl2N3O4S/c1-5-12-34-21-14-20(27)19(26)13-18(21)23(29-35(33)25(2,3)4)16-8-10-30(11-9-16)24(32)17-6-7-22(31)28-15-17/h5-7,13-16,23,29H,1,8-12H2,2-4H3,(H,28,31)/t23-,35-/m1/s1. The van der Waals surface area contributed by atoms with E-state index in [-0.39, 0.29) is 30.0 Å². The van der Waals surface area contributed by atoms with Crippen molar-refractivity contribution in [3.63, 3.8) is 0 Å². The smallest absolute Gasteiger partial charge is 0.255 e. The van der Waals surface area contributed by atoms with Gasteiger partial charge < -0.3 is 14.6 Å². The Morgan fingerprint density at radius 3 is 2.51 bits per heavy atom. The average molecular weight is 541 g/mol. The molecule has 0 radical (unpaired) electrons. The van der Waals surface area contributed by atoms with Gasteiger partial charge in [0.05, 0.1) is 37.4 Å². The largest absolute Gasteiger partial charge is 0.489 e. The zero-order valence-corrected chi connectivity index (χ0v) is 22.4. The maximum absolute atomic E-state index is 13.1. The number of carbonyl (C=O) groups is 1. The van der Waals surface area contributed by atoms with Crippen LogP contribution in [0.5, 0.6) is 5.75 Å². The van der Waals surface area contributed by atoms with Crippen LogP contribution in [0.15, 0.2) is 47.9 Å². The second-order valence-corrected chi connectivity index (χ2v) is 12.3. The van der Waals surface area contributed by atoms with Gasteiger partial charge in [0.2, 0.25) is 5.56 Å². The molecule has 1 saturated heterocycles. The Hall–Kier alpha value is -2.13. The number of rotatable bonds is 8. The molecule has 10 heteroatoms. The van der Waals surface area contributed by atoms with Crippen LogP contribution in [0, 0.1) is 5.92 Å². The number of aromatic amines is 1. The Balaban J connectivity index is 1.87. The van der Waals surface area contributed by atoms with E-state index in [0.717, 1.165) is 5.56 Å². The molecule has 0 saturated carbocycles. The Bertz CT molecular complexity index is 1130. The second kappa shape index (κ2) is 11.7. The molecule has 35 heavy (non-hydrogen) atoms. The van der Waals surface area contributed by atoms with E-state index >= 15 is 0 Å². The van der Waals surface area contributed by atoms with Crippen molar-refractivity contribution in [2.75, 3.05) is 19.7 Å². The van der Waals surface area contributed by atoms with Gasteiger partial charge in [0.25, 0.3) is 5.91 Å². The lowest BCUT2D eigenvalue weighted by atomic mass is 9.85. The zero-order valence-electron chi connectivity index (χ0n) is 20.1. The number of aromatic nitrogens is 1. The topological polar surface area (TPSA) is 91.5 Å². The molecule has 1 aromatic carbocycles. The van der Waals surface area contributed by atoms with Crippen molar-refractivity contribution in [1.82, 2.24) is 14.6 Å². The molecular formula is C25H31Cl2N3O4S. The van der Waals surface area contributed by atoms with E-state index in [2.05, 4.69) is 16.3 Å². The van der Waals surface area contributed by atoms with Crippen LogP contribution in [-0.4, -0.2) is 44.4 Å². The number of carbonyl (C=O) groups excluding carboxylic acids is 1. The summed E-state index contributed by atoms with van der Waals surface area (Å²) >= 11 is 12.7. The maximum atomic E-state index is 13.1. The van der Waals surface area contributed by atoms with Crippen molar-refractivity contribution < 1.29 is 13.7 Å². The first kappa shape index (κ1) is 27.5. The van der Waals surface area contributed by atoms with Gasteiger partial charge in [-0.1, -0.05) is 35.9 Å². The molecule has 1 aromatic heterocycles. The number of piperidine rings is 1. The summed E-state index contributed by atoms with van der Waals surface area (Å²) in [5, 5.41) is 0.748. The van der Waals surface area contributed by atoms with Gasteiger partial charge in [-0.2, -0.15) is 0 Å². The van der Waals surface area contributed by atoms with Crippen LogP contribution in [0.3, 0.4) is 0 Å². The molecule has 190 valence electrons. The van der Waals surface area contributed by atoms with Crippen molar-refractivity contribution in [2.45, 2.75) is 44.4 Å². The molecule has 0 bridgehead atoms. The van der Waals surface area contributed by atoms with Gasteiger partial charge in [-0.05, 0) is 51.7 Å². The Morgan fingerprint density at radius 2 is 1.94 bits per heavy atom. The highest BCUT2D eigenvalue weighted by Gasteiger charge is 2.34. The number of H-pyrrole nitrogens is 1. The van der Waals surface area contributed by atoms with Crippen LogP contribution < -0.4 is 15.0 Å². The van der Waals surface area contributed by atoms with E-state index in [4.69, 9.17) is 27.9 Å². The summed E-state index contributed by atoms with van der Waals surface area (Å²) < 4.78 is 21.9. The first-order valence-electron chi connectivity index (χ1n) is 11.4. The van der Waals surface area contributed by atoms with E-state index in [1.54, 1.807) is 23.1 Å². The minimum absolute atomic E-state index is 0.0595. The van der Waals surface area contributed by atoms with Crippen molar-refractivity contribution in [3.8, 4) is 5.75 Å². The summed E-state index contributed by atoms with van der Waals surface area (Å²) in [6.07, 6.45) is 4.43. The highest BCUT2D eigenvalue weighted by atomic mass is 35.5. The van der Waals surface area contributed by atoms with Crippen molar-refractivity contribution in [1.29, 1.82) is 0 Å². The summed E-state index contributed by atoms with van der Waals surface area (Å²) in [6.45, 7) is 10.8. The van der Waals surface area contributed by atoms with Gasteiger partial charge in [0.15, 0.2) is 0 Å². The monoisotopic (exact) mass is 539 g/mol. The van der Waals surface area contributed by atoms with E-state index in [0.29, 0.717) is 47.3 Å². The molecule has 3 rings (SSSR count). The number of hydrogen-bond acceptors (Lipinski definition) is 4. The number of hydrogen-bond donors (Lipinski definition) is 2. The van der Waals surface area contributed by atoms with Crippen molar-refractivity contribution in [3.05, 3.63) is 74.6 Å². The predicted octanol–water partition coefficient (Wildman–Crippen LogP) is 4.89. The number of likely N-dealkylation sites (tertiary alicyclic amines) is 1. The molecule has 1 fully saturated rings. The molecular weight excluding hydrogens is 509 g/mol. The zero-order chi connectivity index (χ0) is 25.8. The van der Waals surface area contributed by atoms with Gasteiger partial charge in [-0.25, -0.2) is 8.93 Å². The molecule has 7 nitrogen and oxygen atoms in total. The Morgan fingerprint density at radius 1 is 1.29 bits per heavy atom. The maximum Gasteiger partial charge on any atom is 0.255 e. The van der Waals surface area contributed by atoms with Gasteiger partial charge in [-0.3, -0.25) is 9.59 Å². The third-order valence-electron chi connectivity index (χ3n) is 5.86. The first-order valence-corrected chi connectivity index (χ1v) is 13.3. The summed E-state index contributed by atoms with van der Waals surface area (Å²) in [5.74, 6) is 0.478. The number of nitrogens with one attached hydrogen (secondary N) is 2. The van der Waals surface area contributed by atoms with Gasteiger partial charge in [0.1, 0.15) is 12.4 Å². The fourth-order valence-corrected chi connectivity index (χ4v) is 5.16. The quantitative estimate of drug-likeness (QED) is 0.467. The molecule has 2 heterocycles. The van der Waals surface area contributed by atoms with E-state index in [1.165, 1.54) is 18.3 Å². The fraction of sp³-hybridized carbons (Fsp3) is 0.440. The molecule has 2 N–H and O–H groups in total. The number of nitrogens with zero attached hydrogens (tertiary/aromatic N) is 1. The highest BCUT2D eigenvalue weighted by molar-refractivity contribution is 7.84. The van der Waals surface area contributed by atoms with E-state index in [1.807, 2.05) is 20.8 Å². The Labute approximate surface area is 218 Å². The summed E-state index contributed by atoms with van der Waals surface area (Å²) in [6, 6.07) is 5.97. The molecule has 0 aliphatic carbocycles. The minimum Gasteiger partial charge on any atom is -0.489 e. The van der Waals surface area contributed by atoms with Gasteiger partial charge >= 0.3 is 0 Å². The van der Waals surface area contributed by atoms with E-state index < -0.39 is 15.7 Å². The molecule has 1 aliphatic rings. The van der Waals surface area contributed by atoms with Crippen LogP contribution in [0.4, 0.5) is 0 Å². The fourth-order valence-electron chi connectivity index (χ4n) is 3.93. The average Bonchev–Trinajstić information content (AvgIpc) is 2.82. The third-order valence-corrected chi connectivity index (χ3v) is 8.17. The van der Waals surface area contributed by atoms with Crippen LogP contribution in [-0.2, 0) is 11.0 Å². The van der Waals surface area contributed by atoms with Crippen LogP contribution in [0.2, 0.25) is 10.0 Å². The van der Waals surface area contributed by atoms with Crippen molar-refractivity contribution >= 4 is 40.1 Å². The third kappa shape index (κ3) is 6.97. The van der Waals surface area contributed by atoms with Crippen LogP contribution in [0.1, 0.15) is 55.6 Å². The molecule has 1 aliphatic heterocycles. The summed E-state index contributed by atoms with van der Waals surface area (Å²) in [5.41, 5.74) is 0.956. The van der Waals surface area contributed by atoms with Gasteiger partial charge in [-0.15, -0.1) is 0 Å². The first-order chi connectivity index (χ1) is 16.5. The second-order valence-electron chi connectivity index (χ2n) is 9.45. The molecule has 2 aromatic rings. The SMILES string of the molecule is C=CCOc1cc(Cl)c(Cl)cc1[C@H](N[S@](=O)C(C)(C)C)C1CCN(C(=O)c2ccc(=O)[nH]c2)CC1. The normalized spacial score (nSPS) is 16.5. The lowest BCUT2D eigenvalue weighted by Crippen LogP contribution is -2.44. The summed E-state index contributed by atoms with van der Waals surface area (Å²) in [7, 11) is -1.36. The Kier molecular flexibility index (Phi) is 9.21. The molecule has 1 amide bonds. The van der Waals surface area contributed by atoms with Crippen LogP contribution in [0.25, 0.3) is 0 Å². The number of ether oxygens (including phenoxy) is 1. The number of benzene rings is 1. The van der Waals surface area contributed by atoms with Crippen molar-refractivity contribution in [2.24, 2.45) is 5.92 Å².